The molecule has 0 aromatic heterocycles. The van der Waals surface area contributed by atoms with Crippen molar-refractivity contribution in [2.24, 2.45) is 5.92 Å². The SMILES string of the molecule is CC(C)C[C@H](NC(=O)[C@@H]1Cc2ccccc2C[NH2+]1)C(=O)Nc1ccc2c(c1)OCO2. The van der Waals surface area contributed by atoms with Crippen LogP contribution >= 0.6 is 0 Å². The molecule has 2 heterocycles. The van der Waals surface area contributed by atoms with Crippen LogP contribution in [0.15, 0.2) is 42.5 Å². The summed E-state index contributed by atoms with van der Waals surface area (Å²) in [4.78, 5) is 25.9. The van der Waals surface area contributed by atoms with Gasteiger partial charge in [0, 0.05) is 23.7 Å². The Balaban J connectivity index is 1.42. The van der Waals surface area contributed by atoms with E-state index in [0.717, 1.165) is 6.54 Å². The molecule has 2 atom stereocenters. The zero-order chi connectivity index (χ0) is 21.1. The maximum Gasteiger partial charge on any atom is 0.279 e. The number of rotatable bonds is 6. The molecule has 0 radical (unpaired) electrons. The summed E-state index contributed by atoms with van der Waals surface area (Å²) in [6, 6.07) is 12.6. The third-order valence-corrected chi connectivity index (χ3v) is 5.50. The van der Waals surface area contributed by atoms with Gasteiger partial charge in [0.05, 0.1) is 0 Å². The van der Waals surface area contributed by atoms with Crippen molar-refractivity contribution < 1.29 is 24.4 Å². The number of carbonyl (C=O) groups excluding carboxylic acids is 2. The number of carbonyl (C=O) groups is 2. The molecule has 0 bridgehead atoms. The van der Waals surface area contributed by atoms with Crippen molar-refractivity contribution in [3.05, 3.63) is 53.6 Å². The number of anilines is 1. The molecule has 2 aromatic rings. The highest BCUT2D eigenvalue weighted by atomic mass is 16.7. The molecular weight excluding hydrogens is 382 g/mol. The molecule has 4 N–H and O–H groups in total. The lowest BCUT2D eigenvalue weighted by Crippen LogP contribution is -2.93. The second kappa shape index (κ2) is 8.75. The highest BCUT2D eigenvalue weighted by molar-refractivity contribution is 5.98. The Kier molecular flexibility index (Phi) is 5.90. The van der Waals surface area contributed by atoms with Gasteiger partial charge in [-0.1, -0.05) is 38.1 Å². The lowest BCUT2D eigenvalue weighted by atomic mass is 9.95. The van der Waals surface area contributed by atoms with Crippen molar-refractivity contribution in [3.63, 3.8) is 0 Å². The molecule has 0 saturated carbocycles. The molecule has 30 heavy (non-hydrogen) atoms. The van der Waals surface area contributed by atoms with Gasteiger partial charge in [-0.05, 0) is 30.0 Å². The number of amides is 2. The summed E-state index contributed by atoms with van der Waals surface area (Å²) in [5.74, 6) is 1.19. The number of fused-ring (bicyclic) bond motifs is 2. The average molecular weight is 410 g/mol. The van der Waals surface area contributed by atoms with Crippen molar-refractivity contribution in [1.29, 1.82) is 0 Å². The highest BCUT2D eigenvalue weighted by Gasteiger charge is 2.31. The third-order valence-electron chi connectivity index (χ3n) is 5.50. The number of ether oxygens (including phenoxy) is 2. The van der Waals surface area contributed by atoms with Crippen LogP contribution in [0.5, 0.6) is 11.5 Å². The van der Waals surface area contributed by atoms with Crippen LogP contribution in [0, 0.1) is 5.92 Å². The predicted molar refractivity (Wildman–Crippen MR) is 112 cm³/mol. The van der Waals surface area contributed by atoms with Gasteiger partial charge < -0.3 is 25.4 Å². The first kappa shape index (κ1) is 20.2. The lowest BCUT2D eigenvalue weighted by Gasteiger charge is -2.25. The summed E-state index contributed by atoms with van der Waals surface area (Å²) in [6.45, 7) is 5.03. The van der Waals surface area contributed by atoms with Crippen molar-refractivity contribution in [1.82, 2.24) is 5.32 Å². The summed E-state index contributed by atoms with van der Waals surface area (Å²) in [5, 5.41) is 7.93. The first-order chi connectivity index (χ1) is 14.5. The Labute approximate surface area is 176 Å². The fourth-order valence-corrected chi connectivity index (χ4v) is 3.93. The summed E-state index contributed by atoms with van der Waals surface area (Å²) < 4.78 is 10.7. The van der Waals surface area contributed by atoms with E-state index in [4.69, 9.17) is 9.47 Å². The quantitative estimate of drug-likeness (QED) is 0.674. The standard InChI is InChI=1S/C23H27N3O4/c1-14(2)9-19(23(28)25-17-7-8-20-21(11-17)30-13-29-20)26-22(27)18-10-15-5-3-4-6-16(15)12-24-18/h3-8,11,14,18-19,24H,9-10,12-13H2,1-2H3,(H,25,28)(H,26,27)/p+1/t18-,19-/m0/s1. The minimum absolute atomic E-state index is 0.101. The molecular formula is C23H28N3O4+. The largest absolute Gasteiger partial charge is 0.454 e. The average Bonchev–Trinajstić information content (AvgIpc) is 3.20. The number of quaternary nitrogens is 1. The van der Waals surface area contributed by atoms with E-state index in [1.165, 1.54) is 11.1 Å². The van der Waals surface area contributed by atoms with Crippen molar-refractivity contribution >= 4 is 17.5 Å². The number of nitrogens with two attached hydrogens (primary N) is 1. The summed E-state index contributed by atoms with van der Waals surface area (Å²) in [6.07, 6.45) is 1.23. The Morgan fingerprint density at radius 3 is 2.67 bits per heavy atom. The predicted octanol–water partition coefficient (Wildman–Crippen LogP) is 1.57. The number of nitrogens with one attached hydrogen (secondary N) is 2. The van der Waals surface area contributed by atoms with Gasteiger partial charge in [0.2, 0.25) is 12.7 Å². The Bertz CT molecular complexity index is 944. The summed E-state index contributed by atoms with van der Waals surface area (Å²) >= 11 is 0. The molecule has 0 spiro atoms. The van der Waals surface area contributed by atoms with E-state index in [2.05, 4.69) is 22.8 Å². The number of hydrogen-bond acceptors (Lipinski definition) is 4. The van der Waals surface area contributed by atoms with E-state index >= 15 is 0 Å². The van der Waals surface area contributed by atoms with Crippen molar-refractivity contribution in [2.75, 3.05) is 12.1 Å². The molecule has 2 aliphatic rings. The minimum atomic E-state index is -0.603. The maximum atomic E-state index is 13.0. The van der Waals surface area contributed by atoms with Crippen LogP contribution in [-0.2, 0) is 22.6 Å². The molecule has 0 fully saturated rings. The van der Waals surface area contributed by atoms with Crippen LogP contribution < -0.4 is 25.4 Å². The van der Waals surface area contributed by atoms with Crippen LogP contribution in [0.3, 0.4) is 0 Å². The van der Waals surface area contributed by atoms with E-state index in [0.29, 0.717) is 30.0 Å². The molecule has 0 unspecified atom stereocenters. The Hall–Kier alpha value is -3.06. The van der Waals surface area contributed by atoms with Gasteiger partial charge in [0.25, 0.3) is 5.91 Å². The number of hydrogen-bond donors (Lipinski definition) is 3. The van der Waals surface area contributed by atoms with E-state index in [9.17, 15) is 9.59 Å². The molecule has 7 nitrogen and oxygen atoms in total. The van der Waals surface area contributed by atoms with E-state index < -0.39 is 6.04 Å². The molecule has 2 aromatic carbocycles. The van der Waals surface area contributed by atoms with Crippen molar-refractivity contribution in [2.45, 2.75) is 45.3 Å². The zero-order valence-corrected chi connectivity index (χ0v) is 17.3. The van der Waals surface area contributed by atoms with Crippen LogP contribution in [0.1, 0.15) is 31.4 Å². The second-order valence-electron chi connectivity index (χ2n) is 8.27. The van der Waals surface area contributed by atoms with Crippen LogP contribution in [0.25, 0.3) is 0 Å². The van der Waals surface area contributed by atoms with Gasteiger partial charge in [0.15, 0.2) is 17.5 Å². The molecule has 7 heteroatoms. The smallest absolute Gasteiger partial charge is 0.279 e. The van der Waals surface area contributed by atoms with Crippen LogP contribution in [-0.4, -0.2) is 30.7 Å². The lowest BCUT2D eigenvalue weighted by molar-refractivity contribution is -0.695. The van der Waals surface area contributed by atoms with E-state index in [-0.39, 0.29) is 30.6 Å². The van der Waals surface area contributed by atoms with Gasteiger partial charge in [0.1, 0.15) is 12.6 Å². The van der Waals surface area contributed by atoms with Gasteiger partial charge >= 0.3 is 0 Å². The molecule has 0 saturated heterocycles. The molecule has 4 rings (SSSR count). The van der Waals surface area contributed by atoms with Gasteiger partial charge in [-0.25, -0.2) is 0 Å². The highest BCUT2D eigenvalue weighted by Crippen LogP contribution is 2.34. The van der Waals surface area contributed by atoms with Crippen LogP contribution in [0.4, 0.5) is 5.69 Å². The van der Waals surface area contributed by atoms with Gasteiger partial charge in [-0.2, -0.15) is 0 Å². The molecule has 0 aliphatic carbocycles. The second-order valence-corrected chi connectivity index (χ2v) is 8.27. The van der Waals surface area contributed by atoms with E-state index in [1.54, 1.807) is 18.2 Å². The fourth-order valence-electron chi connectivity index (χ4n) is 3.93. The number of benzene rings is 2. The fraction of sp³-hybridized carbons (Fsp3) is 0.391. The monoisotopic (exact) mass is 410 g/mol. The van der Waals surface area contributed by atoms with Crippen LogP contribution in [0.2, 0.25) is 0 Å². The maximum absolute atomic E-state index is 13.0. The zero-order valence-electron chi connectivity index (χ0n) is 17.3. The molecule has 2 aliphatic heterocycles. The van der Waals surface area contributed by atoms with Gasteiger partial charge in [-0.3, -0.25) is 9.59 Å². The normalized spacial score (nSPS) is 17.9. The third kappa shape index (κ3) is 4.57. The Morgan fingerprint density at radius 2 is 1.87 bits per heavy atom. The van der Waals surface area contributed by atoms with Crippen molar-refractivity contribution in [3.8, 4) is 11.5 Å². The Morgan fingerprint density at radius 1 is 1.10 bits per heavy atom. The van der Waals surface area contributed by atoms with E-state index in [1.807, 2.05) is 31.3 Å². The minimum Gasteiger partial charge on any atom is -0.454 e. The summed E-state index contributed by atoms with van der Waals surface area (Å²) in [5.41, 5.74) is 3.08. The molecule has 2 amide bonds. The topological polar surface area (TPSA) is 93.3 Å². The summed E-state index contributed by atoms with van der Waals surface area (Å²) in [7, 11) is 0. The first-order valence-corrected chi connectivity index (χ1v) is 10.4. The molecule has 158 valence electrons. The first-order valence-electron chi connectivity index (χ1n) is 10.4. The van der Waals surface area contributed by atoms with Gasteiger partial charge in [-0.15, -0.1) is 0 Å².